The maximum atomic E-state index is 12.8. The molecule has 6 nitrogen and oxygen atoms in total. The van der Waals surface area contributed by atoms with Crippen LogP contribution in [0.1, 0.15) is 36.7 Å². The number of aryl methyl sites for hydroxylation is 1. The predicted molar refractivity (Wildman–Crippen MR) is 106 cm³/mol. The van der Waals surface area contributed by atoms with Gasteiger partial charge in [-0.05, 0) is 32.3 Å². The van der Waals surface area contributed by atoms with E-state index in [1.807, 2.05) is 32.0 Å². The number of nitrogens with one attached hydrogen (secondary N) is 1. The highest BCUT2D eigenvalue weighted by atomic mass is 32.2. The number of imidazole rings is 1. The Labute approximate surface area is 163 Å². The van der Waals surface area contributed by atoms with E-state index in [0.717, 1.165) is 35.8 Å². The highest BCUT2D eigenvalue weighted by Crippen LogP contribution is 2.26. The summed E-state index contributed by atoms with van der Waals surface area (Å²) in [6.45, 7) is 5.00. The highest BCUT2D eigenvalue weighted by Gasteiger charge is 2.30. The van der Waals surface area contributed by atoms with Gasteiger partial charge in [0.05, 0.1) is 16.9 Å². The molecule has 1 aliphatic rings. The van der Waals surface area contributed by atoms with Gasteiger partial charge in [-0.15, -0.1) is 0 Å². The number of aromatic amines is 1. The van der Waals surface area contributed by atoms with Gasteiger partial charge in [0, 0.05) is 25.2 Å². The van der Waals surface area contributed by atoms with Crippen molar-refractivity contribution in [1.29, 1.82) is 0 Å². The largest absolute Gasteiger partial charge is 0.369 e. The molecule has 2 atom stereocenters. The number of likely N-dealkylation sites (tertiary alicyclic amines) is 1. The Morgan fingerprint density at radius 2 is 2.11 bits per heavy atom. The number of amides is 2. The molecule has 2 heterocycles. The number of hydrogen-bond donors (Lipinski definition) is 2. The number of hydrogen-bond acceptors (Lipinski definition) is 4. The van der Waals surface area contributed by atoms with Crippen molar-refractivity contribution < 1.29 is 9.59 Å². The molecule has 0 spiro atoms. The molecule has 1 saturated heterocycles. The van der Waals surface area contributed by atoms with Crippen LogP contribution in [0.5, 0.6) is 0 Å². The standard InChI is InChI=1S/C20H26N4O2S/c1-13-17(11-15-7-4-3-5-8-15)23-20(22-13)27-14(2)19(26)24-10-6-9-16(12-24)18(21)25/h3-5,7-8,14,16H,6,9-12H2,1-2H3,(H2,21,25)(H,22,23). The van der Waals surface area contributed by atoms with Crippen LogP contribution >= 0.6 is 11.8 Å². The first-order valence-corrected chi connectivity index (χ1v) is 10.2. The Hall–Kier alpha value is -2.28. The van der Waals surface area contributed by atoms with Crippen molar-refractivity contribution in [2.75, 3.05) is 13.1 Å². The molecule has 3 rings (SSSR count). The molecule has 1 aromatic carbocycles. The van der Waals surface area contributed by atoms with Crippen LogP contribution < -0.4 is 5.73 Å². The molecule has 2 aromatic rings. The van der Waals surface area contributed by atoms with Crippen molar-refractivity contribution in [1.82, 2.24) is 14.9 Å². The van der Waals surface area contributed by atoms with Crippen LogP contribution in [0.4, 0.5) is 0 Å². The lowest BCUT2D eigenvalue weighted by Gasteiger charge is -2.32. The third-order valence-electron chi connectivity index (χ3n) is 4.95. The highest BCUT2D eigenvalue weighted by molar-refractivity contribution is 8.00. The number of thioether (sulfide) groups is 1. The Kier molecular flexibility index (Phi) is 6.21. The van der Waals surface area contributed by atoms with Gasteiger partial charge in [0.1, 0.15) is 0 Å². The smallest absolute Gasteiger partial charge is 0.235 e. The monoisotopic (exact) mass is 386 g/mol. The average Bonchev–Trinajstić information content (AvgIpc) is 3.00. The second-order valence-electron chi connectivity index (χ2n) is 7.06. The van der Waals surface area contributed by atoms with E-state index in [1.54, 1.807) is 4.90 Å². The van der Waals surface area contributed by atoms with Gasteiger partial charge in [0.25, 0.3) is 0 Å². The summed E-state index contributed by atoms with van der Waals surface area (Å²) in [7, 11) is 0. The first kappa shape index (κ1) is 19.5. The fourth-order valence-corrected chi connectivity index (χ4v) is 4.33. The van der Waals surface area contributed by atoms with E-state index in [9.17, 15) is 9.59 Å². The second kappa shape index (κ2) is 8.61. The zero-order valence-corrected chi connectivity index (χ0v) is 16.6. The second-order valence-corrected chi connectivity index (χ2v) is 8.39. The topological polar surface area (TPSA) is 92.1 Å². The number of nitrogens with two attached hydrogens (primary N) is 1. The van der Waals surface area contributed by atoms with Crippen LogP contribution in [0.2, 0.25) is 0 Å². The number of benzene rings is 1. The van der Waals surface area contributed by atoms with Crippen LogP contribution in [0.15, 0.2) is 35.5 Å². The molecule has 0 aliphatic carbocycles. The molecule has 27 heavy (non-hydrogen) atoms. The lowest BCUT2D eigenvalue weighted by Crippen LogP contribution is -2.46. The van der Waals surface area contributed by atoms with Crippen molar-refractivity contribution in [3.05, 3.63) is 47.3 Å². The normalized spacial score (nSPS) is 18.3. The summed E-state index contributed by atoms with van der Waals surface area (Å²) < 4.78 is 0. The van der Waals surface area contributed by atoms with Crippen molar-refractivity contribution in [2.24, 2.45) is 11.7 Å². The van der Waals surface area contributed by atoms with Crippen molar-refractivity contribution >= 4 is 23.6 Å². The van der Waals surface area contributed by atoms with Gasteiger partial charge in [-0.25, -0.2) is 4.98 Å². The van der Waals surface area contributed by atoms with Crippen LogP contribution in [0.25, 0.3) is 0 Å². The molecule has 0 bridgehead atoms. The number of primary amides is 1. The minimum atomic E-state index is -0.319. The fourth-order valence-electron chi connectivity index (χ4n) is 3.37. The zero-order chi connectivity index (χ0) is 19.4. The molecule has 1 fully saturated rings. The third-order valence-corrected chi connectivity index (χ3v) is 5.92. The number of carbonyl (C=O) groups excluding carboxylic acids is 2. The minimum Gasteiger partial charge on any atom is -0.369 e. The van der Waals surface area contributed by atoms with E-state index in [0.29, 0.717) is 13.1 Å². The number of aromatic nitrogens is 2. The van der Waals surface area contributed by atoms with Gasteiger partial charge in [-0.1, -0.05) is 42.1 Å². The number of piperidine rings is 1. The number of H-pyrrole nitrogens is 1. The van der Waals surface area contributed by atoms with Gasteiger partial charge >= 0.3 is 0 Å². The maximum absolute atomic E-state index is 12.8. The van der Waals surface area contributed by atoms with Crippen LogP contribution in [-0.4, -0.2) is 45.0 Å². The van der Waals surface area contributed by atoms with E-state index < -0.39 is 0 Å². The van der Waals surface area contributed by atoms with Gasteiger partial charge in [-0.3, -0.25) is 9.59 Å². The fraction of sp³-hybridized carbons (Fsp3) is 0.450. The van der Waals surface area contributed by atoms with Gasteiger partial charge in [0.15, 0.2) is 5.16 Å². The minimum absolute atomic E-state index is 0.0320. The Morgan fingerprint density at radius 3 is 2.81 bits per heavy atom. The maximum Gasteiger partial charge on any atom is 0.235 e. The van der Waals surface area contributed by atoms with E-state index in [-0.39, 0.29) is 23.0 Å². The lowest BCUT2D eigenvalue weighted by atomic mass is 9.97. The first-order chi connectivity index (χ1) is 12.9. The average molecular weight is 387 g/mol. The zero-order valence-electron chi connectivity index (χ0n) is 15.8. The van der Waals surface area contributed by atoms with Crippen LogP contribution in [0.3, 0.4) is 0 Å². The summed E-state index contributed by atoms with van der Waals surface area (Å²) in [6, 6.07) is 10.2. The summed E-state index contributed by atoms with van der Waals surface area (Å²) in [4.78, 5) is 33.9. The first-order valence-electron chi connectivity index (χ1n) is 9.28. The van der Waals surface area contributed by atoms with Crippen molar-refractivity contribution in [3.8, 4) is 0 Å². The summed E-state index contributed by atoms with van der Waals surface area (Å²) >= 11 is 1.43. The molecule has 0 saturated carbocycles. The molecule has 2 amide bonds. The summed E-state index contributed by atoms with van der Waals surface area (Å²) in [5.74, 6) is -0.520. The third kappa shape index (κ3) is 4.91. The Balaban J connectivity index is 1.62. The lowest BCUT2D eigenvalue weighted by molar-refractivity contribution is -0.134. The number of rotatable bonds is 6. The molecular formula is C20H26N4O2S. The summed E-state index contributed by atoms with van der Waals surface area (Å²) in [5, 5.41) is 0.481. The van der Waals surface area contributed by atoms with Crippen molar-refractivity contribution in [3.63, 3.8) is 0 Å². The van der Waals surface area contributed by atoms with Gasteiger partial charge < -0.3 is 15.6 Å². The molecule has 1 aliphatic heterocycles. The van der Waals surface area contributed by atoms with Crippen molar-refractivity contribution in [2.45, 2.75) is 43.5 Å². The van der Waals surface area contributed by atoms with E-state index in [2.05, 4.69) is 22.1 Å². The predicted octanol–water partition coefficient (Wildman–Crippen LogP) is 2.51. The molecule has 1 aromatic heterocycles. The molecule has 7 heteroatoms. The van der Waals surface area contributed by atoms with E-state index in [4.69, 9.17) is 5.73 Å². The molecule has 2 unspecified atom stereocenters. The quantitative estimate of drug-likeness (QED) is 0.746. The molecule has 3 N–H and O–H groups in total. The van der Waals surface area contributed by atoms with E-state index >= 15 is 0 Å². The summed E-state index contributed by atoms with van der Waals surface area (Å²) in [6.07, 6.45) is 2.34. The Morgan fingerprint density at radius 1 is 1.37 bits per heavy atom. The number of nitrogens with zero attached hydrogens (tertiary/aromatic N) is 2. The SMILES string of the molecule is Cc1[nH]c(SC(C)C(=O)N2CCCC(C(N)=O)C2)nc1Cc1ccccc1. The molecule has 0 radical (unpaired) electrons. The summed E-state index contributed by atoms with van der Waals surface area (Å²) in [5.41, 5.74) is 8.64. The number of carbonyl (C=O) groups is 2. The van der Waals surface area contributed by atoms with Crippen LogP contribution in [0, 0.1) is 12.8 Å². The Bertz CT molecular complexity index is 806. The van der Waals surface area contributed by atoms with Crippen LogP contribution in [-0.2, 0) is 16.0 Å². The van der Waals surface area contributed by atoms with Gasteiger partial charge in [0.2, 0.25) is 11.8 Å². The molecular weight excluding hydrogens is 360 g/mol. The van der Waals surface area contributed by atoms with Gasteiger partial charge in [-0.2, -0.15) is 0 Å². The molecule has 144 valence electrons. The van der Waals surface area contributed by atoms with E-state index in [1.165, 1.54) is 17.3 Å².